The third kappa shape index (κ3) is 3.35. The fourth-order valence-corrected chi connectivity index (χ4v) is 2.92. The molecule has 0 aromatic heterocycles. The highest BCUT2D eigenvalue weighted by atomic mass is 79.9. The first-order chi connectivity index (χ1) is 9.38. The number of amides is 1. The summed E-state index contributed by atoms with van der Waals surface area (Å²) in [5.74, 6) is -0.211. The number of hydrogen-bond acceptors (Lipinski definition) is 1. The summed E-state index contributed by atoms with van der Waals surface area (Å²) in [6, 6.07) is 8.73. The number of nitrogens with one attached hydrogen (secondary N) is 1. The number of rotatable bonds is 2. The van der Waals surface area contributed by atoms with Gasteiger partial charge in [-0.25, -0.2) is 0 Å². The molecule has 20 heavy (non-hydrogen) atoms. The lowest BCUT2D eigenvalue weighted by molar-refractivity contribution is 0.102. The van der Waals surface area contributed by atoms with E-state index in [0.29, 0.717) is 15.6 Å². The monoisotopic (exact) mass is 371 g/mol. The van der Waals surface area contributed by atoms with Crippen LogP contribution in [0, 0.1) is 13.8 Å². The van der Waals surface area contributed by atoms with E-state index in [-0.39, 0.29) is 5.91 Å². The van der Waals surface area contributed by atoms with Crippen LogP contribution in [0.15, 0.2) is 34.8 Å². The van der Waals surface area contributed by atoms with E-state index in [2.05, 4.69) is 21.2 Å². The molecular formula is C15H12BrCl2NO. The maximum atomic E-state index is 12.2. The maximum absolute atomic E-state index is 12.2. The SMILES string of the molecule is Cc1cc(Br)cc(C)c1NC(=O)c1ccc(Cl)c(Cl)c1. The molecule has 0 unspecified atom stereocenters. The Morgan fingerprint density at radius 3 is 2.20 bits per heavy atom. The standard InChI is InChI=1S/C15H12BrCl2NO/c1-8-5-11(16)6-9(2)14(8)19-15(20)10-3-4-12(17)13(18)7-10/h3-7H,1-2H3,(H,19,20). The summed E-state index contributed by atoms with van der Waals surface area (Å²) in [5, 5.41) is 3.70. The summed E-state index contributed by atoms with van der Waals surface area (Å²) in [4.78, 5) is 12.2. The van der Waals surface area contributed by atoms with Gasteiger partial charge in [-0.15, -0.1) is 0 Å². The third-order valence-corrected chi connectivity index (χ3v) is 4.11. The fraction of sp³-hybridized carbons (Fsp3) is 0.133. The average Bonchev–Trinajstić information content (AvgIpc) is 2.36. The Kier molecular flexibility index (Phi) is 4.74. The second-order valence-corrected chi connectivity index (χ2v) is 6.23. The first kappa shape index (κ1) is 15.4. The van der Waals surface area contributed by atoms with Crippen LogP contribution in [0.25, 0.3) is 0 Å². The van der Waals surface area contributed by atoms with Crippen LogP contribution in [0.3, 0.4) is 0 Å². The van der Waals surface area contributed by atoms with Gasteiger partial charge in [0.2, 0.25) is 0 Å². The molecule has 2 rings (SSSR count). The molecule has 2 aromatic carbocycles. The molecule has 1 N–H and O–H groups in total. The van der Waals surface area contributed by atoms with Gasteiger partial charge in [-0.1, -0.05) is 39.1 Å². The zero-order chi connectivity index (χ0) is 14.9. The normalized spacial score (nSPS) is 10.4. The van der Waals surface area contributed by atoms with E-state index in [0.717, 1.165) is 21.3 Å². The van der Waals surface area contributed by atoms with Crippen molar-refractivity contribution in [2.24, 2.45) is 0 Å². The summed E-state index contributed by atoms with van der Waals surface area (Å²) in [6.45, 7) is 3.89. The number of carbonyl (C=O) groups excluding carboxylic acids is 1. The summed E-state index contributed by atoms with van der Waals surface area (Å²) < 4.78 is 0.986. The van der Waals surface area contributed by atoms with E-state index in [1.165, 1.54) is 0 Å². The van der Waals surface area contributed by atoms with Crippen LogP contribution in [0.1, 0.15) is 21.5 Å². The van der Waals surface area contributed by atoms with Crippen molar-refractivity contribution in [3.05, 3.63) is 61.5 Å². The van der Waals surface area contributed by atoms with Crippen molar-refractivity contribution in [2.45, 2.75) is 13.8 Å². The molecular weight excluding hydrogens is 361 g/mol. The Balaban J connectivity index is 2.30. The molecule has 0 fully saturated rings. The predicted octanol–water partition coefficient (Wildman–Crippen LogP) is 5.63. The molecule has 2 nitrogen and oxygen atoms in total. The van der Waals surface area contributed by atoms with Gasteiger partial charge in [-0.05, 0) is 55.3 Å². The molecule has 104 valence electrons. The minimum atomic E-state index is -0.211. The molecule has 5 heteroatoms. The highest BCUT2D eigenvalue weighted by Crippen LogP contribution is 2.27. The predicted molar refractivity (Wildman–Crippen MR) is 88.0 cm³/mol. The first-order valence-electron chi connectivity index (χ1n) is 5.91. The van der Waals surface area contributed by atoms with Crippen molar-refractivity contribution in [3.8, 4) is 0 Å². The smallest absolute Gasteiger partial charge is 0.255 e. The zero-order valence-corrected chi connectivity index (χ0v) is 14.0. The van der Waals surface area contributed by atoms with Gasteiger partial charge in [-0.2, -0.15) is 0 Å². The Labute approximate surface area is 136 Å². The number of halogens is 3. The lowest BCUT2D eigenvalue weighted by Crippen LogP contribution is -2.13. The highest BCUT2D eigenvalue weighted by Gasteiger charge is 2.11. The third-order valence-electron chi connectivity index (χ3n) is 2.92. The van der Waals surface area contributed by atoms with Crippen LogP contribution in [0.4, 0.5) is 5.69 Å². The van der Waals surface area contributed by atoms with Gasteiger partial charge in [0, 0.05) is 15.7 Å². The Hall–Kier alpha value is -1.03. The van der Waals surface area contributed by atoms with Gasteiger partial charge in [0.25, 0.3) is 5.91 Å². The lowest BCUT2D eigenvalue weighted by atomic mass is 10.1. The molecule has 0 aliphatic rings. The van der Waals surface area contributed by atoms with Crippen molar-refractivity contribution in [2.75, 3.05) is 5.32 Å². The molecule has 0 bridgehead atoms. The highest BCUT2D eigenvalue weighted by molar-refractivity contribution is 9.10. The number of benzene rings is 2. The average molecular weight is 373 g/mol. The van der Waals surface area contributed by atoms with Gasteiger partial charge in [0.15, 0.2) is 0 Å². The Bertz CT molecular complexity index is 663. The van der Waals surface area contributed by atoms with Crippen LogP contribution in [0.2, 0.25) is 10.0 Å². The Morgan fingerprint density at radius 1 is 1.05 bits per heavy atom. The molecule has 0 radical (unpaired) electrons. The number of aryl methyl sites for hydroxylation is 2. The largest absolute Gasteiger partial charge is 0.322 e. The van der Waals surface area contributed by atoms with Crippen molar-refractivity contribution < 1.29 is 4.79 Å². The molecule has 0 heterocycles. The number of carbonyl (C=O) groups is 1. The Morgan fingerprint density at radius 2 is 1.65 bits per heavy atom. The van der Waals surface area contributed by atoms with Crippen LogP contribution in [0.5, 0.6) is 0 Å². The van der Waals surface area contributed by atoms with Gasteiger partial charge >= 0.3 is 0 Å². The van der Waals surface area contributed by atoms with E-state index >= 15 is 0 Å². The van der Waals surface area contributed by atoms with Crippen molar-refractivity contribution >= 4 is 50.7 Å². The quantitative estimate of drug-likeness (QED) is 0.727. The fourth-order valence-electron chi connectivity index (χ4n) is 1.93. The molecule has 2 aromatic rings. The van der Waals surface area contributed by atoms with Crippen LogP contribution >= 0.6 is 39.1 Å². The number of hydrogen-bond donors (Lipinski definition) is 1. The molecule has 1 amide bonds. The summed E-state index contributed by atoms with van der Waals surface area (Å²) in [5.41, 5.74) is 3.26. The molecule has 0 spiro atoms. The van der Waals surface area contributed by atoms with Crippen molar-refractivity contribution in [1.29, 1.82) is 0 Å². The van der Waals surface area contributed by atoms with Gasteiger partial charge in [-0.3, -0.25) is 4.79 Å². The minimum absolute atomic E-state index is 0.211. The topological polar surface area (TPSA) is 29.1 Å². The van der Waals surface area contributed by atoms with E-state index < -0.39 is 0 Å². The molecule has 0 atom stereocenters. The van der Waals surface area contributed by atoms with Crippen LogP contribution in [-0.4, -0.2) is 5.91 Å². The summed E-state index contributed by atoms with van der Waals surface area (Å²) in [6.07, 6.45) is 0. The molecule has 0 saturated carbocycles. The van der Waals surface area contributed by atoms with Gasteiger partial charge < -0.3 is 5.32 Å². The van der Waals surface area contributed by atoms with Crippen LogP contribution in [-0.2, 0) is 0 Å². The second-order valence-electron chi connectivity index (χ2n) is 4.50. The zero-order valence-electron chi connectivity index (χ0n) is 10.9. The second kappa shape index (κ2) is 6.17. The van der Waals surface area contributed by atoms with E-state index in [4.69, 9.17) is 23.2 Å². The van der Waals surface area contributed by atoms with Gasteiger partial charge in [0.1, 0.15) is 0 Å². The van der Waals surface area contributed by atoms with Crippen molar-refractivity contribution in [3.63, 3.8) is 0 Å². The first-order valence-corrected chi connectivity index (χ1v) is 7.46. The molecule has 0 saturated heterocycles. The summed E-state index contributed by atoms with van der Waals surface area (Å²) >= 11 is 15.2. The maximum Gasteiger partial charge on any atom is 0.255 e. The lowest BCUT2D eigenvalue weighted by Gasteiger charge is -2.12. The van der Waals surface area contributed by atoms with E-state index in [9.17, 15) is 4.79 Å². The van der Waals surface area contributed by atoms with Crippen molar-refractivity contribution in [1.82, 2.24) is 0 Å². The van der Waals surface area contributed by atoms with E-state index in [1.807, 2.05) is 26.0 Å². The van der Waals surface area contributed by atoms with Crippen LogP contribution < -0.4 is 5.32 Å². The molecule has 0 aliphatic heterocycles. The minimum Gasteiger partial charge on any atom is -0.322 e. The van der Waals surface area contributed by atoms with Gasteiger partial charge in [0.05, 0.1) is 10.0 Å². The number of anilines is 1. The van der Waals surface area contributed by atoms with E-state index in [1.54, 1.807) is 18.2 Å². The summed E-state index contributed by atoms with van der Waals surface area (Å²) in [7, 11) is 0. The molecule has 0 aliphatic carbocycles.